The van der Waals surface area contributed by atoms with Gasteiger partial charge in [-0.1, -0.05) is 42.5 Å². The number of rotatable bonds is 4. The highest BCUT2D eigenvalue weighted by molar-refractivity contribution is 5.76. The first-order valence-corrected chi connectivity index (χ1v) is 6.39. The van der Waals surface area contributed by atoms with Crippen LogP contribution in [0.1, 0.15) is 5.56 Å². The first-order chi connectivity index (χ1) is 9.84. The number of aromatic nitrogens is 2. The van der Waals surface area contributed by atoms with Crippen molar-refractivity contribution in [2.24, 2.45) is 0 Å². The molecule has 0 saturated carbocycles. The van der Waals surface area contributed by atoms with Crippen LogP contribution < -0.4 is 10.5 Å². The van der Waals surface area contributed by atoms with Gasteiger partial charge in [0.2, 0.25) is 0 Å². The second-order valence-corrected chi connectivity index (χ2v) is 4.47. The van der Waals surface area contributed by atoms with E-state index in [9.17, 15) is 0 Å². The maximum absolute atomic E-state index is 5.90. The van der Waals surface area contributed by atoms with E-state index in [4.69, 9.17) is 10.5 Å². The number of aromatic amines is 1. The Hall–Kier alpha value is -2.75. The molecule has 4 heteroatoms. The molecule has 1 heterocycles. The van der Waals surface area contributed by atoms with E-state index in [1.54, 1.807) is 6.20 Å². The van der Waals surface area contributed by atoms with Crippen molar-refractivity contribution in [1.82, 2.24) is 10.2 Å². The average molecular weight is 265 g/mol. The van der Waals surface area contributed by atoms with Crippen molar-refractivity contribution in [1.29, 1.82) is 0 Å². The van der Waals surface area contributed by atoms with Crippen LogP contribution in [0.4, 0.5) is 5.69 Å². The molecule has 0 spiro atoms. The van der Waals surface area contributed by atoms with Crippen LogP contribution in [0, 0.1) is 0 Å². The highest BCUT2D eigenvalue weighted by Crippen LogP contribution is 2.32. The Kier molecular flexibility index (Phi) is 3.37. The molecule has 1 aromatic heterocycles. The fourth-order valence-electron chi connectivity index (χ4n) is 2.05. The molecule has 0 atom stereocenters. The van der Waals surface area contributed by atoms with Crippen LogP contribution in [-0.2, 0) is 6.61 Å². The lowest BCUT2D eigenvalue weighted by atomic mass is 10.1. The van der Waals surface area contributed by atoms with Gasteiger partial charge in [-0.3, -0.25) is 5.10 Å². The Morgan fingerprint density at radius 3 is 2.50 bits per heavy atom. The molecule has 4 nitrogen and oxygen atoms in total. The van der Waals surface area contributed by atoms with Crippen LogP contribution in [0.3, 0.4) is 0 Å². The Morgan fingerprint density at radius 1 is 1.00 bits per heavy atom. The zero-order chi connectivity index (χ0) is 13.8. The summed E-state index contributed by atoms with van der Waals surface area (Å²) in [6.45, 7) is 0.520. The van der Waals surface area contributed by atoms with Gasteiger partial charge in [-0.05, 0) is 17.7 Å². The minimum absolute atomic E-state index is 0.520. The maximum Gasteiger partial charge on any atom is 0.129 e. The standard InChI is InChI=1S/C16H15N3O/c17-14-10-18-19-16(14)13-8-4-5-9-15(13)20-11-12-6-2-1-3-7-12/h1-10H,11,17H2,(H,18,19). The lowest BCUT2D eigenvalue weighted by Gasteiger charge is -2.11. The quantitative estimate of drug-likeness (QED) is 0.761. The van der Waals surface area contributed by atoms with E-state index in [1.165, 1.54) is 0 Å². The summed E-state index contributed by atoms with van der Waals surface area (Å²) in [5.74, 6) is 0.785. The van der Waals surface area contributed by atoms with Crippen molar-refractivity contribution in [2.75, 3.05) is 5.73 Å². The van der Waals surface area contributed by atoms with Gasteiger partial charge in [0.15, 0.2) is 0 Å². The number of nitrogen functional groups attached to an aromatic ring is 1. The van der Waals surface area contributed by atoms with Crippen LogP contribution >= 0.6 is 0 Å². The van der Waals surface area contributed by atoms with Gasteiger partial charge < -0.3 is 10.5 Å². The van der Waals surface area contributed by atoms with E-state index in [0.29, 0.717) is 12.3 Å². The molecule has 0 unspecified atom stereocenters. The molecule has 100 valence electrons. The number of nitrogens with one attached hydrogen (secondary N) is 1. The van der Waals surface area contributed by atoms with Gasteiger partial charge in [0, 0.05) is 5.56 Å². The van der Waals surface area contributed by atoms with Crippen molar-refractivity contribution >= 4 is 5.69 Å². The van der Waals surface area contributed by atoms with Crippen molar-refractivity contribution < 1.29 is 4.74 Å². The van der Waals surface area contributed by atoms with Crippen LogP contribution in [0.15, 0.2) is 60.8 Å². The summed E-state index contributed by atoms with van der Waals surface area (Å²) >= 11 is 0. The normalized spacial score (nSPS) is 10.4. The van der Waals surface area contributed by atoms with Crippen molar-refractivity contribution in [3.8, 4) is 17.0 Å². The zero-order valence-electron chi connectivity index (χ0n) is 10.9. The van der Waals surface area contributed by atoms with Crippen LogP contribution in [-0.4, -0.2) is 10.2 Å². The first-order valence-electron chi connectivity index (χ1n) is 6.39. The number of hydrogen-bond acceptors (Lipinski definition) is 3. The Morgan fingerprint density at radius 2 is 1.75 bits per heavy atom. The van der Waals surface area contributed by atoms with Gasteiger partial charge in [-0.15, -0.1) is 0 Å². The smallest absolute Gasteiger partial charge is 0.129 e. The molecule has 0 amide bonds. The van der Waals surface area contributed by atoms with E-state index in [2.05, 4.69) is 10.2 Å². The number of nitrogens with zero attached hydrogens (tertiary/aromatic N) is 1. The third kappa shape index (κ3) is 2.49. The highest BCUT2D eigenvalue weighted by Gasteiger charge is 2.10. The number of anilines is 1. The summed E-state index contributed by atoms with van der Waals surface area (Å²) in [5.41, 5.74) is 9.34. The number of ether oxygens (including phenoxy) is 1. The molecule has 0 aliphatic rings. The molecule has 2 aromatic carbocycles. The molecule has 0 aliphatic heterocycles. The number of H-pyrrole nitrogens is 1. The van der Waals surface area contributed by atoms with E-state index < -0.39 is 0 Å². The SMILES string of the molecule is Nc1cn[nH]c1-c1ccccc1OCc1ccccc1. The summed E-state index contributed by atoms with van der Waals surface area (Å²) in [6, 6.07) is 17.8. The Balaban J connectivity index is 1.86. The molecule has 0 radical (unpaired) electrons. The second-order valence-electron chi connectivity index (χ2n) is 4.47. The molecule has 0 fully saturated rings. The second kappa shape index (κ2) is 5.48. The van der Waals surface area contributed by atoms with E-state index >= 15 is 0 Å². The monoisotopic (exact) mass is 265 g/mol. The fourth-order valence-corrected chi connectivity index (χ4v) is 2.05. The molecule has 20 heavy (non-hydrogen) atoms. The lowest BCUT2D eigenvalue weighted by Crippen LogP contribution is -1.97. The van der Waals surface area contributed by atoms with Crippen molar-refractivity contribution in [2.45, 2.75) is 6.61 Å². The number of para-hydroxylation sites is 1. The molecular formula is C16H15N3O. The number of hydrogen-bond donors (Lipinski definition) is 2. The van der Waals surface area contributed by atoms with Crippen molar-refractivity contribution in [3.05, 3.63) is 66.4 Å². The number of nitrogens with two attached hydrogens (primary N) is 1. The predicted molar refractivity (Wildman–Crippen MR) is 79.2 cm³/mol. The molecule has 0 saturated heterocycles. The van der Waals surface area contributed by atoms with Gasteiger partial charge in [0.1, 0.15) is 12.4 Å². The van der Waals surface area contributed by atoms with Gasteiger partial charge in [-0.25, -0.2) is 0 Å². The summed E-state index contributed by atoms with van der Waals surface area (Å²) in [7, 11) is 0. The van der Waals surface area contributed by atoms with Crippen LogP contribution in [0.25, 0.3) is 11.3 Å². The van der Waals surface area contributed by atoms with Crippen LogP contribution in [0.5, 0.6) is 5.75 Å². The molecule has 0 bridgehead atoms. The predicted octanol–water partition coefficient (Wildman–Crippen LogP) is 3.24. The third-order valence-corrected chi connectivity index (χ3v) is 3.06. The molecule has 3 N–H and O–H groups in total. The summed E-state index contributed by atoms with van der Waals surface area (Å²) in [4.78, 5) is 0. The Labute approximate surface area is 117 Å². The topological polar surface area (TPSA) is 63.9 Å². The maximum atomic E-state index is 5.90. The molecular weight excluding hydrogens is 250 g/mol. The van der Waals surface area contributed by atoms with E-state index in [0.717, 1.165) is 22.6 Å². The highest BCUT2D eigenvalue weighted by atomic mass is 16.5. The minimum Gasteiger partial charge on any atom is -0.488 e. The average Bonchev–Trinajstić information content (AvgIpc) is 2.92. The van der Waals surface area contributed by atoms with Crippen LogP contribution in [0.2, 0.25) is 0 Å². The summed E-state index contributed by atoms with van der Waals surface area (Å²) in [5, 5.41) is 6.86. The molecule has 3 rings (SSSR count). The minimum atomic E-state index is 0.520. The van der Waals surface area contributed by atoms with E-state index in [1.807, 2.05) is 54.6 Å². The van der Waals surface area contributed by atoms with Gasteiger partial charge in [0.05, 0.1) is 17.6 Å². The lowest BCUT2D eigenvalue weighted by molar-refractivity contribution is 0.307. The van der Waals surface area contributed by atoms with Gasteiger partial charge in [-0.2, -0.15) is 5.10 Å². The molecule has 0 aliphatic carbocycles. The van der Waals surface area contributed by atoms with Crippen molar-refractivity contribution in [3.63, 3.8) is 0 Å². The largest absolute Gasteiger partial charge is 0.488 e. The Bertz CT molecular complexity index is 692. The zero-order valence-corrected chi connectivity index (χ0v) is 10.9. The first kappa shape index (κ1) is 12.3. The van der Waals surface area contributed by atoms with Gasteiger partial charge in [0.25, 0.3) is 0 Å². The summed E-state index contributed by atoms with van der Waals surface area (Å²) < 4.78 is 5.90. The summed E-state index contributed by atoms with van der Waals surface area (Å²) in [6.07, 6.45) is 1.60. The number of benzene rings is 2. The van der Waals surface area contributed by atoms with E-state index in [-0.39, 0.29) is 0 Å². The fraction of sp³-hybridized carbons (Fsp3) is 0.0625. The van der Waals surface area contributed by atoms with Gasteiger partial charge >= 0.3 is 0 Å². The third-order valence-electron chi connectivity index (χ3n) is 3.06. The molecule has 3 aromatic rings.